The standard InChI is InChI=1S/C16H19N3O2/c1-12-13(11-20)3-2-4-15(12)14-9-17-16(18-10-14)19-5-7-21-8-6-19/h2-4,9-10,20H,5-8,11H2,1H3. The van der Waals surface area contributed by atoms with Crippen LogP contribution in [0.5, 0.6) is 0 Å². The van der Waals surface area contributed by atoms with E-state index in [1.807, 2.05) is 37.5 Å². The van der Waals surface area contributed by atoms with Crippen molar-refractivity contribution in [2.24, 2.45) is 0 Å². The monoisotopic (exact) mass is 285 g/mol. The highest BCUT2D eigenvalue weighted by atomic mass is 16.5. The van der Waals surface area contributed by atoms with Crippen molar-refractivity contribution in [3.63, 3.8) is 0 Å². The van der Waals surface area contributed by atoms with Gasteiger partial charge in [0, 0.05) is 31.0 Å². The van der Waals surface area contributed by atoms with E-state index in [9.17, 15) is 5.11 Å². The first-order valence-corrected chi connectivity index (χ1v) is 7.14. The molecule has 0 bridgehead atoms. The number of aliphatic hydroxyl groups is 1. The normalized spacial score (nSPS) is 15.2. The average molecular weight is 285 g/mol. The van der Waals surface area contributed by atoms with Crippen molar-refractivity contribution < 1.29 is 9.84 Å². The van der Waals surface area contributed by atoms with E-state index < -0.39 is 0 Å². The molecule has 1 N–H and O–H groups in total. The maximum Gasteiger partial charge on any atom is 0.225 e. The summed E-state index contributed by atoms with van der Waals surface area (Å²) in [4.78, 5) is 11.1. The van der Waals surface area contributed by atoms with Gasteiger partial charge in [0.25, 0.3) is 0 Å². The van der Waals surface area contributed by atoms with Gasteiger partial charge in [-0.25, -0.2) is 9.97 Å². The number of benzene rings is 1. The van der Waals surface area contributed by atoms with E-state index in [0.29, 0.717) is 0 Å². The van der Waals surface area contributed by atoms with Gasteiger partial charge in [0.05, 0.1) is 19.8 Å². The van der Waals surface area contributed by atoms with Crippen molar-refractivity contribution in [1.82, 2.24) is 9.97 Å². The molecule has 1 fully saturated rings. The number of aromatic nitrogens is 2. The molecule has 0 radical (unpaired) electrons. The second kappa shape index (κ2) is 6.20. The molecule has 0 saturated carbocycles. The zero-order chi connectivity index (χ0) is 14.7. The number of hydrogen-bond donors (Lipinski definition) is 1. The van der Waals surface area contributed by atoms with Crippen LogP contribution in [0.15, 0.2) is 30.6 Å². The predicted octanol–water partition coefficient (Wildman–Crippen LogP) is 1.78. The molecule has 0 unspecified atom stereocenters. The van der Waals surface area contributed by atoms with E-state index in [1.54, 1.807) is 0 Å². The van der Waals surface area contributed by atoms with Crippen LogP contribution in [0.3, 0.4) is 0 Å². The van der Waals surface area contributed by atoms with Gasteiger partial charge in [-0.1, -0.05) is 18.2 Å². The summed E-state index contributed by atoms with van der Waals surface area (Å²) >= 11 is 0. The first-order valence-electron chi connectivity index (χ1n) is 7.14. The van der Waals surface area contributed by atoms with Crippen molar-refractivity contribution in [3.8, 4) is 11.1 Å². The Morgan fingerprint density at radius 3 is 2.57 bits per heavy atom. The Morgan fingerprint density at radius 1 is 1.19 bits per heavy atom. The highest BCUT2D eigenvalue weighted by Crippen LogP contribution is 2.25. The van der Waals surface area contributed by atoms with E-state index in [-0.39, 0.29) is 6.61 Å². The predicted molar refractivity (Wildman–Crippen MR) is 81.2 cm³/mol. The van der Waals surface area contributed by atoms with Gasteiger partial charge >= 0.3 is 0 Å². The molecule has 5 nitrogen and oxygen atoms in total. The van der Waals surface area contributed by atoms with Crippen LogP contribution in [0, 0.1) is 6.92 Å². The Bertz CT molecular complexity index is 607. The van der Waals surface area contributed by atoms with Crippen molar-refractivity contribution in [2.75, 3.05) is 31.2 Å². The summed E-state index contributed by atoms with van der Waals surface area (Å²) in [6.45, 7) is 5.17. The molecule has 0 atom stereocenters. The fourth-order valence-electron chi connectivity index (χ4n) is 2.55. The Labute approximate surface area is 124 Å². The van der Waals surface area contributed by atoms with Crippen LogP contribution < -0.4 is 4.90 Å². The first kappa shape index (κ1) is 14.0. The number of hydrogen-bond acceptors (Lipinski definition) is 5. The Morgan fingerprint density at radius 2 is 1.90 bits per heavy atom. The summed E-state index contributed by atoms with van der Waals surface area (Å²) in [6.07, 6.45) is 3.70. The fraction of sp³-hybridized carbons (Fsp3) is 0.375. The summed E-state index contributed by atoms with van der Waals surface area (Å²) in [5.41, 5.74) is 4.04. The Hall–Kier alpha value is -1.98. The van der Waals surface area contributed by atoms with Gasteiger partial charge in [0.1, 0.15) is 0 Å². The Kier molecular flexibility index (Phi) is 4.13. The number of anilines is 1. The minimum atomic E-state index is 0.0480. The zero-order valence-corrected chi connectivity index (χ0v) is 12.1. The minimum Gasteiger partial charge on any atom is -0.392 e. The van der Waals surface area contributed by atoms with Crippen LogP contribution in [-0.4, -0.2) is 41.4 Å². The summed E-state index contributed by atoms with van der Waals surface area (Å²) in [7, 11) is 0. The molecule has 1 aromatic heterocycles. The molecule has 110 valence electrons. The van der Waals surface area contributed by atoms with Crippen molar-refractivity contribution in [2.45, 2.75) is 13.5 Å². The van der Waals surface area contributed by atoms with E-state index >= 15 is 0 Å². The molecule has 0 spiro atoms. The van der Waals surface area contributed by atoms with Crippen LogP contribution in [-0.2, 0) is 11.3 Å². The van der Waals surface area contributed by atoms with Crippen LogP contribution in [0.2, 0.25) is 0 Å². The minimum absolute atomic E-state index is 0.0480. The largest absolute Gasteiger partial charge is 0.392 e. The molecule has 0 amide bonds. The topological polar surface area (TPSA) is 58.5 Å². The molecule has 5 heteroatoms. The quantitative estimate of drug-likeness (QED) is 0.931. The summed E-state index contributed by atoms with van der Waals surface area (Å²) < 4.78 is 5.33. The molecule has 1 aliphatic heterocycles. The molecule has 2 aromatic rings. The summed E-state index contributed by atoms with van der Waals surface area (Å²) in [6, 6.07) is 5.91. The third kappa shape index (κ3) is 2.89. The highest BCUT2D eigenvalue weighted by molar-refractivity contribution is 5.67. The molecular formula is C16H19N3O2. The van der Waals surface area contributed by atoms with Crippen LogP contribution >= 0.6 is 0 Å². The molecule has 1 aliphatic rings. The SMILES string of the molecule is Cc1c(CO)cccc1-c1cnc(N2CCOCC2)nc1. The van der Waals surface area contributed by atoms with Gasteiger partial charge in [-0.05, 0) is 23.6 Å². The van der Waals surface area contributed by atoms with Gasteiger partial charge in [-0.2, -0.15) is 0 Å². The maximum atomic E-state index is 9.35. The molecule has 1 saturated heterocycles. The van der Waals surface area contributed by atoms with E-state index in [4.69, 9.17) is 4.74 Å². The Balaban J connectivity index is 1.87. The van der Waals surface area contributed by atoms with Gasteiger partial charge in [0.15, 0.2) is 0 Å². The number of aliphatic hydroxyl groups excluding tert-OH is 1. The molecule has 21 heavy (non-hydrogen) atoms. The molecular weight excluding hydrogens is 266 g/mol. The second-order valence-electron chi connectivity index (χ2n) is 5.12. The van der Waals surface area contributed by atoms with Crippen molar-refractivity contribution in [1.29, 1.82) is 0 Å². The molecule has 3 rings (SSSR count). The van der Waals surface area contributed by atoms with Crippen LogP contribution in [0.25, 0.3) is 11.1 Å². The average Bonchev–Trinajstić information content (AvgIpc) is 2.56. The van der Waals surface area contributed by atoms with E-state index in [1.165, 1.54) is 0 Å². The summed E-state index contributed by atoms with van der Waals surface area (Å²) in [5.74, 6) is 0.748. The number of morpholine rings is 1. The number of ether oxygens (including phenoxy) is 1. The van der Waals surface area contributed by atoms with Crippen LogP contribution in [0.4, 0.5) is 5.95 Å². The lowest BCUT2D eigenvalue weighted by Crippen LogP contribution is -2.37. The lowest BCUT2D eigenvalue weighted by Gasteiger charge is -2.26. The number of rotatable bonds is 3. The van der Waals surface area contributed by atoms with Crippen molar-refractivity contribution >= 4 is 5.95 Å². The van der Waals surface area contributed by atoms with Crippen LogP contribution in [0.1, 0.15) is 11.1 Å². The maximum absolute atomic E-state index is 9.35. The van der Waals surface area contributed by atoms with E-state index in [0.717, 1.165) is 54.5 Å². The fourth-order valence-corrected chi connectivity index (χ4v) is 2.55. The second-order valence-corrected chi connectivity index (χ2v) is 5.12. The lowest BCUT2D eigenvalue weighted by molar-refractivity contribution is 0.122. The molecule has 2 heterocycles. The number of nitrogens with zero attached hydrogens (tertiary/aromatic N) is 3. The van der Waals surface area contributed by atoms with Gasteiger partial charge < -0.3 is 14.7 Å². The van der Waals surface area contributed by atoms with E-state index in [2.05, 4.69) is 14.9 Å². The highest BCUT2D eigenvalue weighted by Gasteiger charge is 2.14. The van der Waals surface area contributed by atoms with Gasteiger partial charge in [-0.3, -0.25) is 0 Å². The van der Waals surface area contributed by atoms with Gasteiger partial charge in [0.2, 0.25) is 5.95 Å². The molecule has 1 aromatic carbocycles. The smallest absolute Gasteiger partial charge is 0.225 e. The zero-order valence-electron chi connectivity index (χ0n) is 12.1. The van der Waals surface area contributed by atoms with Gasteiger partial charge in [-0.15, -0.1) is 0 Å². The summed E-state index contributed by atoms with van der Waals surface area (Å²) in [5, 5.41) is 9.35. The third-order valence-corrected chi connectivity index (χ3v) is 3.86. The first-order chi connectivity index (χ1) is 10.3. The third-order valence-electron chi connectivity index (χ3n) is 3.86. The van der Waals surface area contributed by atoms with Crippen molar-refractivity contribution in [3.05, 3.63) is 41.7 Å². The molecule has 0 aliphatic carbocycles. The lowest BCUT2D eigenvalue weighted by atomic mass is 9.99.